The molecule has 1 aromatic carbocycles. The molecule has 2 rings (SSSR count). The maximum absolute atomic E-state index is 12.6. The minimum absolute atomic E-state index is 0.298. The van der Waals surface area contributed by atoms with Crippen molar-refractivity contribution >= 4 is 5.97 Å². The third kappa shape index (κ3) is 2.08. The number of H-pyrrole nitrogens is 1. The highest BCUT2D eigenvalue weighted by molar-refractivity contribution is 5.91. The van der Waals surface area contributed by atoms with Gasteiger partial charge in [0.25, 0.3) is 0 Å². The normalized spacial score (nSPS) is 10.1. The molecule has 0 bridgehead atoms. The Morgan fingerprint density at radius 1 is 1.38 bits per heavy atom. The highest BCUT2D eigenvalue weighted by Gasteiger charge is 2.13. The van der Waals surface area contributed by atoms with Crippen molar-refractivity contribution in [2.45, 2.75) is 6.92 Å². The van der Waals surface area contributed by atoms with E-state index < -0.39 is 5.97 Å². The molecule has 1 aromatic heterocycles. The zero-order valence-corrected chi connectivity index (χ0v) is 8.53. The molecular weight excluding hydrogens is 211 g/mol. The van der Waals surface area contributed by atoms with E-state index in [1.165, 1.54) is 30.5 Å². The van der Waals surface area contributed by atoms with Crippen LogP contribution in [0.25, 0.3) is 0 Å². The molecule has 2 aromatic rings. The van der Waals surface area contributed by atoms with Crippen LogP contribution in [0.3, 0.4) is 0 Å². The number of nitrogens with zero attached hydrogens (tertiary/aromatic N) is 1. The Bertz CT molecular complexity index is 505. The zero-order chi connectivity index (χ0) is 11.5. The first-order valence-electron chi connectivity index (χ1n) is 4.65. The Morgan fingerprint density at radius 2 is 2.06 bits per heavy atom. The van der Waals surface area contributed by atoms with E-state index in [-0.39, 0.29) is 5.82 Å². The fourth-order valence-corrected chi connectivity index (χ4v) is 1.23. The molecule has 4 nitrogen and oxygen atoms in total. The summed E-state index contributed by atoms with van der Waals surface area (Å²) in [6, 6.07) is 5.24. The molecule has 0 aliphatic carbocycles. The van der Waals surface area contributed by atoms with Gasteiger partial charge in [0, 0.05) is 6.20 Å². The van der Waals surface area contributed by atoms with Crippen LogP contribution in [-0.2, 0) is 0 Å². The molecule has 0 saturated carbocycles. The van der Waals surface area contributed by atoms with Gasteiger partial charge >= 0.3 is 5.97 Å². The lowest BCUT2D eigenvalue weighted by Gasteiger charge is -2.02. The Balaban J connectivity index is 2.14. The number of carbonyl (C=O) groups is 1. The van der Waals surface area contributed by atoms with Crippen molar-refractivity contribution < 1.29 is 13.9 Å². The zero-order valence-electron chi connectivity index (χ0n) is 8.53. The monoisotopic (exact) mass is 220 g/mol. The molecule has 1 heterocycles. The number of aromatic nitrogens is 2. The first kappa shape index (κ1) is 10.4. The first-order chi connectivity index (χ1) is 7.66. The molecule has 0 aliphatic heterocycles. The molecule has 0 fully saturated rings. The van der Waals surface area contributed by atoms with Gasteiger partial charge in [0.15, 0.2) is 0 Å². The Kier molecular flexibility index (Phi) is 2.68. The quantitative estimate of drug-likeness (QED) is 0.622. The molecule has 82 valence electrons. The number of benzene rings is 1. The molecule has 1 N–H and O–H groups in total. The van der Waals surface area contributed by atoms with Gasteiger partial charge in [0.2, 0.25) is 0 Å². The summed E-state index contributed by atoms with van der Waals surface area (Å²) in [6.45, 7) is 1.69. The van der Waals surface area contributed by atoms with Gasteiger partial charge in [-0.25, -0.2) is 9.18 Å². The average molecular weight is 220 g/mol. The maximum Gasteiger partial charge on any atom is 0.347 e. The number of aromatic amines is 1. The summed E-state index contributed by atoms with van der Waals surface area (Å²) in [5.74, 6) is -0.593. The second kappa shape index (κ2) is 4.14. The van der Waals surface area contributed by atoms with Crippen LogP contribution in [0.1, 0.15) is 16.1 Å². The molecule has 5 heteroatoms. The van der Waals surface area contributed by atoms with Gasteiger partial charge in [0.05, 0.1) is 5.69 Å². The highest BCUT2D eigenvalue weighted by Crippen LogP contribution is 2.14. The van der Waals surface area contributed by atoms with Crippen molar-refractivity contribution in [2.24, 2.45) is 0 Å². The number of ether oxygens (including phenoxy) is 1. The number of hydrogen-bond donors (Lipinski definition) is 1. The molecule has 16 heavy (non-hydrogen) atoms. The average Bonchev–Trinajstić information content (AvgIpc) is 2.68. The van der Waals surface area contributed by atoms with Gasteiger partial charge in [-0.05, 0) is 31.2 Å². The number of carbonyl (C=O) groups excluding carboxylic acids is 1. The van der Waals surface area contributed by atoms with Gasteiger partial charge in [-0.2, -0.15) is 5.10 Å². The van der Waals surface area contributed by atoms with E-state index in [9.17, 15) is 9.18 Å². The fourth-order valence-electron chi connectivity index (χ4n) is 1.23. The molecule has 0 radical (unpaired) electrons. The van der Waals surface area contributed by atoms with Crippen molar-refractivity contribution in [2.75, 3.05) is 0 Å². The summed E-state index contributed by atoms with van der Waals surface area (Å²) < 4.78 is 17.6. The summed E-state index contributed by atoms with van der Waals surface area (Å²) in [6.07, 6.45) is 1.46. The summed E-state index contributed by atoms with van der Waals surface area (Å²) in [5, 5.41) is 6.37. The highest BCUT2D eigenvalue weighted by atomic mass is 19.1. The van der Waals surface area contributed by atoms with E-state index in [1.807, 2.05) is 0 Å². The second-order valence-corrected chi connectivity index (χ2v) is 3.23. The molecule has 0 atom stereocenters. The minimum Gasteiger partial charge on any atom is -0.423 e. The Labute approximate surface area is 91.1 Å². The van der Waals surface area contributed by atoms with Crippen LogP contribution in [0.2, 0.25) is 0 Å². The smallest absolute Gasteiger partial charge is 0.347 e. The van der Waals surface area contributed by atoms with Crippen LogP contribution >= 0.6 is 0 Å². The third-order valence-corrected chi connectivity index (χ3v) is 2.08. The number of halogens is 1. The lowest BCUT2D eigenvalue weighted by molar-refractivity contribution is 0.0734. The van der Waals surface area contributed by atoms with Gasteiger partial charge in [0.1, 0.15) is 17.1 Å². The van der Waals surface area contributed by atoms with Crippen molar-refractivity contribution in [3.63, 3.8) is 0 Å². The largest absolute Gasteiger partial charge is 0.423 e. The maximum atomic E-state index is 12.6. The predicted octanol–water partition coefficient (Wildman–Crippen LogP) is 2.08. The first-order valence-corrected chi connectivity index (χ1v) is 4.65. The molecular formula is C11H9FN2O2. The van der Waals surface area contributed by atoms with E-state index in [4.69, 9.17) is 4.74 Å². The number of aryl methyl sites for hydroxylation is 1. The number of rotatable bonds is 2. The van der Waals surface area contributed by atoms with Gasteiger partial charge in [-0.15, -0.1) is 0 Å². The van der Waals surface area contributed by atoms with Gasteiger partial charge in [-0.3, -0.25) is 5.10 Å². The summed E-state index contributed by atoms with van der Waals surface area (Å²) in [4.78, 5) is 11.6. The predicted molar refractivity (Wildman–Crippen MR) is 54.7 cm³/mol. The van der Waals surface area contributed by atoms with Crippen LogP contribution in [0, 0.1) is 12.7 Å². The van der Waals surface area contributed by atoms with E-state index in [1.54, 1.807) is 6.92 Å². The van der Waals surface area contributed by atoms with Crippen molar-refractivity contribution in [3.05, 3.63) is 47.5 Å². The summed E-state index contributed by atoms with van der Waals surface area (Å²) in [7, 11) is 0. The molecule has 0 unspecified atom stereocenters. The lowest BCUT2D eigenvalue weighted by atomic mass is 10.3. The summed E-state index contributed by atoms with van der Waals surface area (Å²) in [5.41, 5.74) is 0.927. The Hall–Kier alpha value is -2.17. The van der Waals surface area contributed by atoms with E-state index >= 15 is 0 Å². The lowest BCUT2D eigenvalue weighted by Crippen LogP contribution is -2.08. The molecule has 0 aliphatic rings. The van der Waals surface area contributed by atoms with Crippen molar-refractivity contribution in [1.82, 2.24) is 10.2 Å². The number of esters is 1. The van der Waals surface area contributed by atoms with Crippen molar-refractivity contribution in [1.29, 1.82) is 0 Å². The second-order valence-electron chi connectivity index (χ2n) is 3.23. The number of nitrogens with one attached hydrogen (secondary N) is 1. The van der Waals surface area contributed by atoms with Gasteiger partial charge in [-0.1, -0.05) is 0 Å². The SMILES string of the molecule is Cc1n[nH]cc1C(=O)Oc1ccc(F)cc1. The van der Waals surface area contributed by atoms with Crippen LogP contribution in [-0.4, -0.2) is 16.2 Å². The topological polar surface area (TPSA) is 55.0 Å². The Morgan fingerprint density at radius 3 is 2.62 bits per heavy atom. The standard InChI is InChI=1S/C11H9FN2O2/c1-7-10(6-13-14-7)11(15)16-9-4-2-8(12)3-5-9/h2-6H,1H3,(H,13,14). The summed E-state index contributed by atoms with van der Waals surface area (Å²) >= 11 is 0. The van der Waals surface area contributed by atoms with Crippen molar-refractivity contribution in [3.8, 4) is 5.75 Å². The molecule has 0 amide bonds. The van der Waals surface area contributed by atoms with Crippen LogP contribution in [0.4, 0.5) is 4.39 Å². The van der Waals surface area contributed by atoms with E-state index in [2.05, 4.69) is 10.2 Å². The van der Waals surface area contributed by atoms with E-state index in [0.717, 1.165) is 0 Å². The van der Waals surface area contributed by atoms with E-state index in [0.29, 0.717) is 17.0 Å². The van der Waals surface area contributed by atoms with Crippen LogP contribution in [0.5, 0.6) is 5.75 Å². The number of hydrogen-bond acceptors (Lipinski definition) is 3. The van der Waals surface area contributed by atoms with Crippen LogP contribution in [0.15, 0.2) is 30.5 Å². The van der Waals surface area contributed by atoms with Gasteiger partial charge < -0.3 is 4.74 Å². The van der Waals surface area contributed by atoms with Crippen LogP contribution < -0.4 is 4.74 Å². The molecule has 0 saturated heterocycles. The molecule has 0 spiro atoms. The minimum atomic E-state index is -0.516. The third-order valence-electron chi connectivity index (χ3n) is 2.08. The fraction of sp³-hybridized carbons (Fsp3) is 0.0909.